The van der Waals surface area contributed by atoms with Crippen molar-refractivity contribution in [3.8, 4) is 0 Å². The second-order valence-electron chi connectivity index (χ2n) is 2.34. The third kappa shape index (κ3) is 2.16. The fraction of sp³-hybridized carbons (Fsp3) is 0.800. The third-order valence-corrected chi connectivity index (χ3v) is 3.17. The van der Waals surface area contributed by atoms with Gasteiger partial charge in [-0.1, -0.05) is 0 Å². The Bertz CT molecular complexity index is 244. The zero-order valence-electron chi connectivity index (χ0n) is 7.12. The molecule has 0 aromatic heterocycles. The summed E-state index contributed by atoms with van der Waals surface area (Å²) in [5.41, 5.74) is 0. The van der Waals surface area contributed by atoms with Gasteiger partial charge in [-0.3, -0.25) is 5.41 Å². The van der Waals surface area contributed by atoms with Crippen LogP contribution in [0.1, 0.15) is 6.92 Å². The van der Waals surface area contributed by atoms with Gasteiger partial charge in [0.15, 0.2) is 0 Å². The molecule has 0 amide bonds. The van der Waals surface area contributed by atoms with Gasteiger partial charge in [-0.05, 0) is 6.92 Å². The van der Waals surface area contributed by atoms with E-state index in [2.05, 4.69) is 0 Å². The highest BCUT2D eigenvalue weighted by atomic mass is 32.2. The molecule has 0 aromatic carbocycles. The summed E-state index contributed by atoms with van der Waals surface area (Å²) in [7, 11) is 0.762. The van der Waals surface area contributed by atoms with Crippen molar-refractivity contribution in [1.82, 2.24) is 8.61 Å². The quantitative estimate of drug-likeness (QED) is 0.468. The van der Waals surface area contributed by atoms with E-state index in [0.29, 0.717) is 0 Å². The van der Waals surface area contributed by atoms with Crippen LogP contribution in [0.4, 0.5) is 0 Å². The van der Waals surface area contributed by atoms with Crippen molar-refractivity contribution < 1.29 is 8.42 Å². The maximum Gasteiger partial charge on any atom is 0.304 e. The summed E-state index contributed by atoms with van der Waals surface area (Å²) < 4.78 is 24.3. The minimum absolute atomic E-state index is 0.00120. The minimum atomic E-state index is -3.43. The van der Waals surface area contributed by atoms with Crippen LogP contribution in [0.5, 0.6) is 0 Å². The van der Waals surface area contributed by atoms with Gasteiger partial charge in [0, 0.05) is 21.1 Å². The fourth-order valence-corrected chi connectivity index (χ4v) is 1.25. The highest BCUT2D eigenvalue weighted by Gasteiger charge is 2.20. The van der Waals surface area contributed by atoms with Gasteiger partial charge in [0.05, 0.1) is 0 Å². The number of rotatable bonds is 2. The zero-order chi connectivity index (χ0) is 9.23. The Morgan fingerprint density at radius 1 is 1.27 bits per heavy atom. The maximum atomic E-state index is 11.2. The first-order valence-electron chi connectivity index (χ1n) is 3.01. The Kier molecular flexibility index (Phi) is 3.01. The predicted octanol–water partition coefficient (Wildman–Crippen LogP) is -0.278. The number of amidine groups is 1. The molecule has 6 heteroatoms. The second-order valence-corrected chi connectivity index (χ2v) is 4.52. The molecule has 0 aliphatic rings. The van der Waals surface area contributed by atoms with Crippen LogP contribution >= 0.6 is 0 Å². The van der Waals surface area contributed by atoms with Crippen molar-refractivity contribution in [2.75, 3.05) is 21.1 Å². The molecule has 0 aromatic rings. The molecule has 0 bridgehead atoms. The first kappa shape index (κ1) is 10.4. The van der Waals surface area contributed by atoms with Crippen molar-refractivity contribution in [2.45, 2.75) is 6.92 Å². The topological polar surface area (TPSA) is 64.5 Å². The smallest absolute Gasteiger partial charge is 0.288 e. The molecular formula is C5H13N3O2S. The van der Waals surface area contributed by atoms with Crippen molar-refractivity contribution >= 4 is 16.0 Å². The van der Waals surface area contributed by atoms with Crippen molar-refractivity contribution in [3.05, 3.63) is 0 Å². The fourth-order valence-electron chi connectivity index (χ4n) is 0.418. The standard InChI is InChI=1S/C5H13N3O2S/c1-5(6)8(4)11(9,10)7(2)3/h6H,1-4H3. The summed E-state index contributed by atoms with van der Waals surface area (Å²) in [4.78, 5) is 0. The van der Waals surface area contributed by atoms with E-state index in [0.717, 1.165) is 8.61 Å². The highest BCUT2D eigenvalue weighted by molar-refractivity contribution is 7.87. The first-order valence-corrected chi connectivity index (χ1v) is 4.41. The van der Waals surface area contributed by atoms with Crippen LogP contribution in [0.3, 0.4) is 0 Å². The van der Waals surface area contributed by atoms with Crippen LogP contribution < -0.4 is 0 Å². The van der Waals surface area contributed by atoms with Crippen molar-refractivity contribution in [1.29, 1.82) is 5.41 Å². The monoisotopic (exact) mass is 179 g/mol. The highest BCUT2D eigenvalue weighted by Crippen LogP contribution is 2.00. The molecule has 0 rings (SSSR count). The summed E-state index contributed by atoms with van der Waals surface area (Å²) in [5.74, 6) is -0.00120. The molecule has 0 heterocycles. The molecule has 0 unspecified atom stereocenters. The average molecular weight is 179 g/mol. The van der Waals surface area contributed by atoms with E-state index in [-0.39, 0.29) is 5.84 Å². The summed E-state index contributed by atoms with van der Waals surface area (Å²) in [5, 5.41) is 7.07. The van der Waals surface area contributed by atoms with Gasteiger partial charge in [-0.25, -0.2) is 4.31 Å². The van der Waals surface area contributed by atoms with Crippen LogP contribution in [0.2, 0.25) is 0 Å². The molecule has 11 heavy (non-hydrogen) atoms. The zero-order valence-corrected chi connectivity index (χ0v) is 7.94. The SMILES string of the molecule is CC(=N)N(C)S(=O)(=O)N(C)C. The molecule has 0 radical (unpaired) electrons. The van der Waals surface area contributed by atoms with E-state index in [9.17, 15) is 8.42 Å². The third-order valence-electron chi connectivity index (χ3n) is 1.28. The van der Waals surface area contributed by atoms with Gasteiger partial charge < -0.3 is 0 Å². The molecule has 66 valence electrons. The van der Waals surface area contributed by atoms with Crippen molar-refractivity contribution in [3.63, 3.8) is 0 Å². The lowest BCUT2D eigenvalue weighted by Crippen LogP contribution is -2.39. The minimum Gasteiger partial charge on any atom is -0.288 e. The average Bonchev–Trinajstić information content (AvgIpc) is 1.85. The summed E-state index contributed by atoms with van der Waals surface area (Å²) in [6, 6.07) is 0. The summed E-state index contributed by atoms with van der Waals surface area (Å²) in [6.45, 7) is 1.42. The maximum absolute atomic E-state index is 11.2. The van der Waals surface area contributed by atoms with E-state index in [1.807, 2.05) is 0 Å². The Balaban J connectivity index is 4.72. The largest absolute Gasteiger partial charge is 0.304 e. The predicted molar refractivity (Wildman–Crippen MR) is 43.8 cm³/mol. The Morgan fingerprint density at radius 3 is 1.73 bits per heavy atom. The Hall–Kier alpha value is -0.620. The van der Waals surface area contributed by atoms with Gasteiger partial charge in [0.25, 0.3) is 0 Å². The molecule has 0 spiro atoms. The molecule has 0 saturated heterocycles. The van der Waals surface area contributed by atoms with E-state index >= 15 is 0 Å². The first-order chi connectivity index (χ1) is 4.80. The number of nitrogens with zero attached hydrogens (tertiary/aromatic N) is 2. The van der Waals surface area contributed by atoms with Crippen molar-refractivity contribution in [2.24, 2.45) is 0 Å². The second kappa shape index (κ2) is 3.19. The summed E-state index contributed by atoms with van der Waals surface area (Å²) in [6.07, 6.45) is 0. The van der Waals surface area contributed by atoms with E-state index in [4.69, 9.17) is 5.41 Å². The van der Waals surface area contributed by atoms with Gasteiger partial charge in [0.2, 0.25) is 0 Å². The number of hydrogen-bond acceptors (Lipinski definition) is 3. The molecule has 0 aliphatic carbocycles. The molecule has 0 aliphatic heterocycles. The molecule has 0 atom stereocenters. The Labute approximate surface area is 67.3 Å². The lowest BCUT2D eigenvalue weighted by molar-refractivity contribution is 0.476. The van der Waals surface area contributed by atoms with Crippen LogP contribution in [0.15, 0.2) is 0 Å². The van der Waals surface area contributed by atoms with Crippen LogP contribution in [-0.2, 0) is 10.2 Å². The van der Waals surface area contributed by atoms with Crippen LogP contribution in [-0.4, -0.2) is 44.0 Å². The van der Waals surface area contributed by atoms with Gasteiger partial charge in [-0.2, -0.15) is 12.7 Å². The number of nitrogens with one attached hydrogen (secondary N) is 1. The van der Waals surface area contributed by atoms with Crippen LogP contribution in [0.25, 0.3) is 0 Å². The molecule has 0 saturated carbocycles. The molecule has 1 N–H and O–H groups in total. The van der Waals surface area contributed by atoms with E-state index in [1.165, 1.54) is 28.1 Å². The Morgan fingerprint density at radius 2 is 1.64 bits per heavy atom. The van der Waals surface area contributed by atoms with Gasteiger partial charge in [-0.15, -0.1) is 0 Å². The van der Waals surface area contributed by atoms with E-state index in [1.54, 1.807) is 0 Å². The van der Waals surface area contributed by atoms with Gasteiger partial charge >= 0.3 is 10.2 Å². The lowest BCUT2D eigenvalue weighted by atomic mass is 10.7. The lowest BCUT2D eigenvalue weighted by Gasteiger charge is -2.21. The molecule has 0 fully saturated rings. The van der Waals surface area contributed by atoms with Crippen LogP contribution in [0, 0.1) is 5.41 Å². The molecular weight excluding hydrogens is 166 g/mol. The number of hydrogen-bond donors (Lipinski definition) is 1. The van der Waals surface area contributed by atoms with E-state index < -0.39 is 10.2 Å². The summed E-state index contributed by atoms with van der Waals surface area (Å²) >= 11 is 0. The van der Waals surface area contributed by atoms with Gasteiger partial charge in [0.1, 0.15) is 5.84 Å². The molecule has 5 nitrogen and oxygen atoms in total. The normalized spacial score (nSPS) is 11.7.